The molecular weight excluding hydrogens is 194 g/mol. The Kier molecular flexibility index (Phi) is 3.57. The SMILES string of the molecule is C#CCNC(C)(C)c1ccc(Cl)cc1. The maximum atomic E-state index is 5.81. The summed E-state index contributed by atoms with van der Waals surface area (Å²) in [5, 5.41) is 4.02. The minimum atomic E-state index is -0.114. The molecule has 1 aromatic carbocycles. The summed E-state index contributed by atoms with van der Waals surface area (Å²) in [6, 6.07) is 7.78. The van der Waals surface area contributed by atoms with Gasteiger partial charge in [-0.05, 0) is 31.5 Å². The molecule has 2 heteroatoms. The number of hydrogen-bond acceptors (Lipinski definition) is 1. The van der Waals surface area contributed by atoms with E-state index in [0.29, 0.717) is 6.54 Å². The van der Waals surface area contributed by atoms with Crippen molar-refractivity contribution in [3.63, 3.8) is 0 Å². The summed E-state index contributed by atoms with van der Waals surface area (Å²) in [4.78, 5) is 0. The van der Waals surface area contributed by atoms with Gasteiger partial charge in [-0.15, -0.1) is 6.42 Å². The first-order valence-corrected chi connectivity index (χ1v) is 4.88. The van der Waals surface area contributed by atoms with E-state index in [1.165, 1.54) is 5.56 Å². The standard InChI is InChI=1S/C12H14ClN/c1-4-9-14-12(2,3)10-5-7-11(13)8-6-10/h1,5-8,14H,9H2,2-3H3. The largest absolute Gasteiger partial charge is 0.297 e. The van der Waals surface area contributed by atoms with Crippen molar-refractivity contribution in [3.8, 4) is 12.3 Å². The van der Waals surface area contributed by atoms with Gasteiger partial charge in [-0.1, -0.05) is 29.7 Å². The molecule has 0 bridgehead atoms. The summed E-state index contributed by atoms with van der Waals surface area (Å²) in [5.41, 5.74) is 1.06. The van der Waals surface area contributed by atoms with Crippen LogP contribution in [-0.4, -0.2) is 6.54 Å². The molecule has 0 aliphatic rings. The molecule has 0 amide bonds. The molecule has 1 nitrogen and oxygen atoms in total. The molecule has 0 heterocycles. The number of halogens is 1. The van der Waals surface area contributed by atoms with E-state index in [1.807, 2.05) is 24.3 Å². The predicted octanol–water partition coefficient (Wildman–Crippen LogP) is 2.80. The average molecular weight is 208 g/mol. The van der Waals surface area contributed by atoms with Gasteiger partial charge in [0.05, 0.1) is 6.54 Å². The molecule has 0 aliphatic heterocycles. The fourth-order valence-electron chi connectivity index (χ4n) is 1.24. The summed E-state index contributed by atoms with van der Waals surface area (Å²) in [6.07, 6.45) is 5.20. The van der Waals surface area contributed by atoms with Crippen LogP contribution in [0.15, 0.2) is 24.3 Å². The lowest BCUT2D eigenvalue weighted by molar-refractivity contribution is 0.428. The molecule has 0 atom stereocenters. The molecule has 0 unspecified atom stereocenters. The summed E-state index contributed by atoms with van der Waals surface area (Å²) in [7, 11) is 0. The van der Waals surface area contributed by atoms with E-state index >= 15 is 0 Å². The summed E-state index contributed by atoms with van der Waals surface area (Å²) >= 11 is 5.81. The number of benzene rings is 1. The summed E-state index contributed by atoms with van der Waals surface area (Å²) in [6.45, 7) is 4.75. The molecule has 0 fully saturated rings. The van der Waals surface area contributed by atoms with Gasteiger partial charge in [0.1, 0.15) is 0 Å². The Balaban J connectivity index is 2.82. The van der Waals surface area contributed by atoms with E-state index in [4.69, 9.17) is 18.0 Å². The Hall–Kier alpha value is -0.970. The van der Waals surface area contributed by atoms with Gasteiger partial charge < -0.3 is 0 Å². The Morgan fingerprint density at radius 3 is 2.43 bits per heavy atom. The topological polar surface area (TPSA) is 12.0 Å². The van der Waals surface area contributed by atoms with Crippen molar-refractivity contribution in [1.29, 1.82) is 0 Å². The van der Waals surface area contributed by atoms with Crippen LogP contribution in [0.5, 0.6) is 0 Å². The molecule has 1 rings (SSSR count). The lowest BCUT2D eigenvalue weighted by Gasteiger charge is -2.25. The van der Waals surface area contributed by atoms with E-state index in [1.54, 1.807) is 0 Å². The number of terminal acetylenes is 1. The lowest BCUT2D eigenvalue weighted by Crippen LogP contribution is -2.36. The van der Waals surface area contributed by atoms with Gasteiger partial charge in [-0.25, -0.2) is 0 Å². The van der Waals surface area contributed by atoms with Gasteiger partial charge in [0, 0.05) is 10.6 Å². The zero-order valence-corrected chi connectivity index (χ0v) is 9.23. The normalized spacial score (nSPS) is 11.0. The third-order valence-corrected chi connectivity index (χ3v) is 2.45. The second-order valence-electron chi connectivity index (χ2n) is 3.69. The first-order valence-electron chi connectivity index (χ1n) is 4.51. The van der Waals surface area contributed by atoms with Crippen molar-refractivity contribution in [3.05, 3.63) is 34.9 Å². The average Bonchev–Trinajstić information content (AvgIpc) is 2.16. The van der Waals surface area contributed by atoms with Crippen LogP contribution < -0.4 is 5.32 Å². The van der Waals surface area contributed by atoms with E-state index in [9.17, 15) is 0 Å². The predicted molar refractivity (Wildman–Crippen MR) is 61.3 cm³/mol. The number of nitrogens with one attached hydrogen (secondary N) is 1. The maximum absolute atomic E-state index is 5.81. The number of hydrogen-bond donors (Lipinski definition) is 1. The first kappa shape index (κ1) is 11.1. The molecular formula is C12H14ClN. The van der Waals surface area contributed by atoms with E-state index in [2.05, 4.69) is 25.1 Å². The maximum Gasteiger partial charge on any atom is 0.0580 e. The molecule has 0 saturated heterocycles. The quantitative estimate of drug-likeness (QED) is 0.752. The van der Waals surface area contributed by atoms with Crippen molar-refractivity contribution < 1.29 is 0 Å². The van der Waals surface area contributed by atoms with E-state index < -0.39 is 0 Å². The Bertz CT molecular complexity index is 332. The zero-order valence-electron chi connectivity index (χ0n) is 8.47. The third kappa shape index (κ3) is 2.77. The highest BCUT2D eigenvalue weighted by atomic mass is 35.5. The van der Waals surface area contributed by atoms with E-state index in [0.717, 1.165) is 5.02 Å². The van der Waals surface area contributed by atoms with Crippen LogP contribution in [0.3, 0.4) is 0 Å². The van der Waals surface area contributed by atoms with Crippen LogP contribution in [0.2, 0.25) is 5.02 Å². The lowest BCUT2D eigenvalue weighted by atomic mass is 9.94. The highest BCUT2D eigenvalue weighted by Crippen LogP contribution is 2.21. The summed E-state index contributed by atoms with van der Waals surface area (Å²) < 4.78 is 0. The van der Waals surface area contributed by atoms with Gasteiger partial charge >= 0.3 is 0 Å². The minimum Gasteiger partial charge on any atom is -0.297 e. The van der Waals surface area contributed by atoms with Gasteiger partial charge in [0.2, 0.25) is 0 Å². The Labute approximate surface area is 90.5 Å². The first-order chi connectivity index (χ1) is 6.56. The molecule has 14 heavy (non-hydrogen) atoms. The van der Waals surface area contributed by atoms with Crippen molar-refractivity contribution in [2.24, 2.45) is 0 Å². The summed E-state index contributed by atoms with van der Waals surface area (Å²) in [5.74, 6) is 2.57. The second kappa shape index (κ2) is 4.50. The monoisotopic (exact) mass is 207 g/mol. The van der Waals surface area contributed by atoms with Crippen LogP contribution in [0.4, 0.5) is 0 Å². The van der Waals surface area contributed by atoms with E-state index in [-0.39, 0.29) is 5.54 Å². The molecule has 0 radical (unpaired) electrons. The van der Waals surface area contributed by atoms with Crippen LogP contribution in [0, 0.1) is 12.3 Å². The highest BCUT2D eigenvalue weighted by Gasteiger charge is 2.18. The molecule has 1 N–H and O–H groups in total. The second-order valence-corrected chi connectivity index (χ2v) is 4.13. The third-order valence-electron chi connectivity index (χ3n) is 2.20. The fourth-order valence-corrected chi connectivity index (χ4v) is 1.37. The van der Waals surface area contributed by atoms with Crippen LogP contribution >= 0.6 is 11.6 Å². The van der Waals surface area contributed by atoms with Crippen molar-refractivity contribution in [1.82, 2.24) is 5.32 Å². The molecule has 0 saturated carbocycles. The highest BCUT2D eigenvalue weighted by molar-refractivity contribution is 6.30. The van der Waals surface area contributed by atoms with Crippen molar-refractivity contribution in [2.75, 3.05) is 6.54 Å². The molecule has 0 aromatic heterocycles. The van der Waals surface area contributed by atoms with Crippen molar-refractivity contribution >= 4 is 11.6 Å². The Morgan fingerprint density at radius 1 is 1.36 bits per heavy atom. The van der Waals surface area contributed by atoms with Gasteiger partial charge in [-0.3, -0.25) is 5.32 Å². The van der Waals surface area contributed by atoms with Gasteiger partial charge in [0.15, 0.2) is 0 Å². The molecule has 1 aromatic rings. The zero-order chi connectivity index (χ0) is 10.6. The Morgan fingerprint density at radius 2 is 1.93 bits per heavy atom. The van der Waals surface area contributed by atoms with Crippen molar-refractivity contribution in [2.45, 2.75) is 19.4 Å². The molecule has 0 spiro atoms. The minimum absolute atomic E-state index is 0.114. The number of rotatable bonds is 3. The van der Waals surface area contributed by atoms with Crippen LogP contribution in [0.1, 0.15) is 19.4 Å². The molecule has 74 valence electrons. The van der Waals surface area contributed by atoms with Gasteiger partial charge in [0.25, 0.3) is 0 Å². The molecule has 0 aliphatic carbocycles. The van der Waals surface area contributed by atoms with Crippen LogP contribution in [-0.2, 0) is 5.54 Å². The van der Waals surface area contributed by atoms with Gasteiger partial charge in [-0.2, -0.15) is 0 Å². The fraction of sp³-hybridized carbons (Fsp3) is 0.333. The smallest absolute Gasteiger partial charge is 0.0580 e. The van der Waals surface area contributed by atoms with Crippen LogP contribution in [0.25, 0.3) is 0 Å².